The predicted octanol–water partition coefficient (Wildman–Crippen LogP) is 10.3. The van der Waals surface area contributed by atoms with Crippen molar-refractivity contribution in [2.75, 3.05) is 0 Å². The molecule has 0 aromatic heterocycles. The van der Waals surface area contributed by atoms with Crippen LogP contribution in [0.5, 0.6) is 0 Å². The first kappa shape index (κ1) is 32.6. The molecule has 0 heterocycles. The number of phosphoric acid groups is 1. The van der Waals surface area contributed by atoms with Crippen molar-refractivity contribution in [2.45, 2.75) is 66.6 Å². The Labute approximate surface area is 229 Å². The lowest BCUT2D eigenvalue weighted by Crippen LogP contribution is -2.18. The molecule has 0 N–H and O–H groups in total. The molecule has 29 heavy (non-hydrogen) atoms. The second-order valence-electron chi connectivity index (χ2n) is 5.46. The van der Waals surface area contributed by atoms with Crippen LogP contribution in [0.3, 0.4) is 0 Å². The third kappa shape index (κ3) is 20.7. The molecule has 0 spiro atoms. The lowest BCUT2D eigenvalue weighted by atomic mass is 10.3. The standard InChI is InChI=1S/C12H15Cl12O4P/c13-7(1-4-10(16,17)18)26-29(25,27-8(14)2-5-11(19,20)21)28-9(15)3-6-12(22,23)24/h7-9H,1-6H2. The summed E-state index contributed by atoms with van der Waals surface area (Å²) in [5, 5.41) is 0. The van der Waals surface area contributed by atoms with Crippen LogP contribution in [0.15, 0.2) is 0 Å². The molecule has 0 radical (unpaired) electrons. The van der Waals surface area contributed by atoms with Crippen molar-refractivity contribution in [3.05, 3.63) is 0 Å². The van der Waals surface area contributed by atoms with Crippen molar-refractivity contribution >= 4 is 147 Å². The first-order valence-electron chi connectivity index (χ1n) is 7.58. The highest BCUT2D eigenvalue weighted by Crippen LogP contribution is 2.56. The highest BCUT2D eigenvalue weighted by molar-refractivity contribution is 7.48. The molecule has 0 fully saturated rings. The lowest BCUT2D eigenvalue weighted by Gasteiger charge is -2.26. The molecule has 3 unspecified atom stereocenters. The molecule has 3 atom stereocenters. The average molecular weight is 680 g/mol. The fourth-order valence-corrected chi connectivity index (χ4v) is 4.98. The summed E-state index contributed by atoms with van der Waals surface area (Å²) < 4.78 is 23.7. The molecule has 17 heteroatoms. The molecule has 0 aromatic carbocycles. The number of alkyl halides is 12. The molecule has 0 aromatic rings. The minimum Gasteiger partial charge on any atom is -0.267 e. The van der Waals surface area contributed by atoms with Gasteiger partial charge in [0.25, 0.3) is 0 Å². The molecular formula is C12H15Cl12O4P. The number of halogens is 12. The van der Waals surface area contributed by atoms with Gasteiger partial charge in [-0.25, -0.2) is 4.57 Å². The summed E-state index contributed by atoms with van der Waals surface area (Å²) in [6, 6.07) is 0. The van der Waals surface area contributed by atoms with Crippen LogP contribution in [-0.4, -0.2) is 28.1 Å². The van der Waals surface area contributed by atoms with Crippen LogP contribution in [-0.2, 0) is 18.1 Å². The van der Waals surface area contributed by atoms with Crippen molar-refractivity contribution in [1.29, 1.82) is 0 Å². The quantitative estimate of drug-likeness (QED) is 0.152. The molecular weight excluding hydrogens is 665 g/mol. The molecule has 4 nitrogen and oxygen atoms in total. The van der Waals surface area contributed by atoms with E-state index in [4.69, 9.17) is 153 Å². The normalized spacial score (nSPS) is 18.9. The van der Waals surface area contributed by atoms with E-state index in [1.165, 1.54) is 0 Å². The number of rotatable bonds is 12. The molecule has 0 aliphatic heterocycles. The largest absolute Gasteiger partial charge is 0.479 e. The fourth-order valence-electron chi connectivity index (χ4n) is 1.48. The van der Waals surface area contributed by atoms with Gasteiger partial charge in [0.15, 0.2) is 11.4 Å². The van der Waals surface area contributed by atoms with Crippen LogP contribution in [0.2, 0.25) is 0 Å². The first-order chi connectivity index (χ1) is 12.8. The van der Waals surface area contributed by atoms with Gasteiger partial charge < -0.3 is 0 Å². The third-order valence-electron chi connectivity index (χ3n) is 2.69. The molecule has 0 saturated carbocycles. The second kappa shape index (κ2) is 14.2. The van der Waals surface area contributed by atoms with Gasteiger partial charge >= 0.3 is 7.82 Å². The van der Waals surface area contributed by atoms with Crippen molar-refractivity contribution < 1.29 is 18.1 Å². The zero-order valence-corrected chi connectivity index (χ0v) is 24.1. The summed E-state index contributed by atoms with van der Waals surface area (Å²) in [5.41, 5.74) is -3.69. The Morgan fingerprint density at radius 3 is 0.931 bits per heavy atom. The molecule has 0 saturated heterocycles. The highest BCUT2D eigenvalue weighted by atomic mass is 35.6. The lowest BCUT2D eigenvalue weighted by molar-refractivity contribution is 0.0784. The van der Waals surface area contributed by atoms with Gasteiger partial charge in [0.1, 0.15) is 16.7 Å². The Balaban J connectivity index is 5.07. The second-order valence-corrected chi connectivity index (χ2v) is 16.0. The van der Waals surface area contributed by atoms with Crippen LogP contribution in [0.1, 0.15) is 38.5 Å². The van der Waals surface area contributed by atoms with E-state index in [-0.39, 0.29) is 38.5 Å². The topological polar surface area (TPSA) is 44.8 Å². The zero-order valence-electron chi connectivity index (χ0n) is 14.1. The highest BCUT2D eigenvalue weighted by Gasteiger charge is 2.37. The summed E-state index contributed by atoms with van der Waals surface area (Å²) in [5.74, 6) is 0. The van der Waals surface area contributed by atoms with Crippen molar-refractivity contribution in [1.82, 2.24) is 0 Å². The van der Waals surface area contributed by atoms with Gasteiger partial charge in [0.05, 0.1) is 0 Å². The van der Waals surface area contributed by atoms with E-state index in [9.17, 15) is 4.57 Å². The van der Waals surface area contributed by atoms with Gasteiger partial charge in [-0.2, -0.15) is 0 Å². The van der Waals surface area contributed by atoms with E-state index in [2.05, 4.69) is 0 Å². The van der Waals surface area contributed by atoms with Gasteiger partial charge in [0.2, 0.25) is 0 Å². The van der Waals surface area contributed by atoms with Gasteiger partial charge in [-0.05, 0) is 38.5 Å². The smallest absolute Gasteiger partial charge is 0.267 e. The van der Waals surface area contributed by atoms with Crippen LogP contribution >= 0.6 is 147 Å². The monoisotopic (exact) mass is 674 g/mol. The maximum absolute atomic E-state index is 13.0. The first-order valence-corrected chi connectivity index (χ1v) is 13.7. The maximum Gasteiger partial charge on any atom is 0.479 e. The van der Waals surface area contributed by atoms with E-state index in [0.717, 1.165) is 0 Å². The van der Waals surface area contributed by atoms with Gasteiger partial charge in [0, 0.05) is 0 Å². The Kier molecular flexibility index (Phi) is 16.0. The molecule has 0 rings (SSSR count). The minimum atomic E-state index is -4.42. The van der Waals surface area contributed by atoms with Gasteiger partial charge in [-0.15, -0.1) is 0 Å². The molecule has 0 aliphatic rings. The summed E-state index contributed by atoms with van der Waals surface area (Å²) in [7, 11) is -4.42. The SMILES string of the molecule is O=P(OC(Cl)CCC(Cl)(Cl)Cl)(OC(Cl)CCC(Cl)(Cl)Cl)OC(Cl)CCC(Cl)(Cl)Cl. The average Bonchev–Trinajstić information content (AvgIpc) is 2.46. The van der Waals surface area contributed by atoms with Gasteiger partial charge in [-0.1, -0.05) is 139 Å². The maximum atomic E-state index is 13.0. The number of hydrogen-bond donors (Lipinski definition) is 0. The van der Waals surface area contributed by atoms with Gasteiger partial charge in [-0.3, -0.25) is 13.6 Å². The fraction of sp³-hybridized carbons (Fsp3) is 1.00. The molecule has 0 amide bonds. The van der Waals surface area contributed by atoms with E-state index in [0.29, 0.717) is 0 Å². The van der Waals surface area contributed by atoms with Crippen LogP contribution in [0.25, 0.3) is 0 Å². The van der Waals surface area contributed by atoms with Crippen LogP contribution < -0.4 is 0 Å². The zero-order chi connectivity index (χ0) is 23.1. The summed E-state index contributed by atoms with van der Waals surface area (Å²) in [6.45, 7) is 0. The Morgan fingerprint density at radius 2 is 0.759 bits per heavy atom. The summed E-state index contributed by atoms with van der Waals surface area (Å²) in [6.07, 6.45) is -0.0895. The predicted molar refractivity (Wildman–Crippen MR) is 128 cm³/mol. The molecule has 0 bridgehead atoms. The number of hydrogen-bond acceptors (Lipinski definition) is 4. The van der Waals surface area contributed by atoms with E-state index in [1.807, 2.05) is 0 Å². The summed E-state index contributed by atoms with van der Waals surface area (Å²) >= 11 is 68.9. The van der Waals surface area contributed by atoms with Crippen LogP contribution in [0, 0.1) is 0 Å². The Morgan fingerprint density at radius 1 is 0.552 bits per heavy atom. The Bertz CT molecular complexity index is 449. The van der Waals surface area contributed by atoms with Crippen molar-refractivity contribution in [3.63, 3.8) is 0 Å². The minimum absolute atomic E-state index is 0.0129. The summed E-state index contributed by atoms with van der Waals surface area (Å²) in [4.78, 5) is 0. The van der Waals surface area contributed by atoms with Crippen LogP contribution in [0.4, 0.5) is 0 Å². The van der Waals surface area contributed by atoms with E-state index in [1.54, 1.807) is 0 Å². The Hall–Kier alpha value is 3.59. The third-order valence-corrected chi connectivity index (χ3v) is 7.23. The van der Waals surface area contributed by atoms with E-state index < -0.39 is 35.9 Å². The van der Waals surface area contributed by atoms with E-state index >= 15 is 0 Å². The molecule has 0 aliphatic carbocycles. The molecule has 176 valence electrons. The van der Waals surface area contributed by atoms with Crippen molar-refractivity contribution in [3.8, 4) is 0 Å². The number of phosphoric ester groups is 1. The van der Waals surface area contributed by atoms with Crippen molar-refractivity contribution in [2.24, 2.45) is 0 Å².